The number of esters is 1. The summed E-state index contributed by atoms with van der Waals surface area (Å²) in [4.78, 5) is 25.3. The van der Waals surface area contributed by atoms with Crippen LogP contribution in [0.4, 0.5) is 0 Å². The van der Waals surface area contributed by atoms with Gasteiger partial charge in [0.05, 0.1) is 6.42 Å². The summed E-state index contributed by atoms with van der Waals surface area (Å²) < 4.78 is 10.5. The Kier molecular flexibility index (Phi) is 6.46. The molecule has 0 aliphatic carbocycles. The number of nitrogens with zero attached hydrogens (tertiary/aromatic N) is 1. The second kappa shape index (κ2) is 7.62. The molecule has 0 radical (unpaired) electrons. The highest BCUT2D eigenvalue weighted by Crippen LogP contribution is 2.16. The Labute approximate surface area is 121 Å². The lowest BCUT2D eigenvalue weighted by Crippen LogP contribution is -2.34. The van der Waals surface area contributed by atoms with Gasteiger partial charge in [-0.2, -0.15) is 0 Å². The molecule has 1 saturated heterocycles. The molecule has 0 aromatic heterocycles. The van der Waals surface area contributed by atoms with Crippen LogP contribution in [0.5, 0.6) is 0 Å². The molecule has 0 bridgehead atoms. The van der Waals surface area contributed by atoms with Gasteiger partial charge in [0.2, 0.25) is 5.91 Å². The predicted molar refractivity (Wildman–Crippen MR) is 76.3 cm³/mol. The highest BCUT2D eigenvalue weighted by molar-refractivity contribution is 5.81. The van der Waals surface area contributed by atoms with Gasteiger partial charge in [-0.25, -0.2) is 0 Å². The van der Waals surface area contributed by atoms with Gasteiger partial charge < -0.3 is 14.4 Å². The van der Waals surface area contributed by atoms with Crippen LogP contribution in [0.15, 0.2) is 0 Å². The Morgan fingerprint density at radius 1 is 1.20 bits per heavy atom. The third-order valence-corrected chi connectivity index (χ3v) is 3.26. The minimum Gasteiger partial charge on any atom is -0.460 e. The molecule has 0 aromatic rings. The summed E-state index contributed by atoms with van der Waals surface area (Å²) in [6.07, 6.45) is 2.37. The molecule has 1 heterocycles. The number of carbonyl (C=O) groups excluding carboxylic acids is 2. The summed E-state index contributed by atoms with van der Waals surface area (Å²) in [5, 5.41) is 0. The standard InChI is InChI=1S/C15H27NO4/c1-15(2,3)20-14(18)6-5-13(17)16(4)11-12-7-9-19-10-8-12/h12H,5-11H2,1-4H3. The SMILES string of the molecule is CN(CC1CCOCC1)C(=O)CCC(=O)OC(C)(C)C. The monoisotopic (exact) mass is 285 g/mol. The summed E-state index contributed by atoms with van der Waals surface area (Å²) >= 11 is 0. The van der Waals surface area contributed by atoms with E-state index in [1.165, 1.54) is 0 Å². The highest BCUT2D eigenvalue weighted by atomic mass is 16.6. The molecule has 1 fully saturated rings. The third kappa shape index (κ3) is 6.89. The van der Waals surface area contributed by atoms with E-state index in [0.717, 1.165) is 32.6 Å². The van der Waals surface area contributed by atoms with Crippen molar-refractivity contribution in [2.75, 3.05) is 26.8 Å². The van der Waals surface area contributed by atoms with Crippen LogP contribution in [0, 0.1) is 5.92 Å². The van der Waals surface area contributed by atoms with Crippen molar-refractivity contribution < 1.29 is 19.1 Å². The molecule has 1 aliphatic heterocycles. The second-order valence-corrected chi connectivity index (χ2v) is 6.42. The van der Waals surface area contributed by atoms with Gasteiger partial charge in [-0.3, -0.25) is 9.59 Å². The van der Waals surface area contributed by atoms with E-state index < -0.39 is 5.60 Å². The van der Waals surface area contributed by atoms with Crippen LogP contribution in [-0.4, -0.2) is 49.2 Å². The molecule has 1 rings (SSSR count). The van der Waals surface area contributed by atoms with Gasteiger partial charge in [0.1, 0.15) is 5.60 Å². The maximum absolute atomic E-state index is 12.0. The molecule has 0 aromatic carbocycles. The molecule has 0 unspecified atom stereocenters. The first kappa shape index (κ1) is 17.0. The smallest absolute Gasteiger partial charge is 0.306 e. The fourth-order valence-corrected chi connectivity index (χ4v) is 2.21. The van der Waals surface area contributed by atoms with E-state index in [-0.39, 0.29) is 24.7 Å². The van der Waals surface area contributed by atoms with Crippen molar-refractivity contribution in [1.82, 2.24) is 4.90 Å². The van der Waals surface area contributed by atoms with E-state index in [1.807, 2.05) is 20.8 Å². The van der Waals surface area contributed by atoms with Crippen molar-refractivity contribution in [2.24, 2.45) is 5.92 Å². The molecule has 0 atom stereocenters. The number of carbonyl (C=O) groups is 2. The average molecular weight is 285 g/mol. The summed E-state index contributed by atoms with van der Waals surface area (Å²) in [5.41, 5.74) is -0.492. The van der Waals surface area contributed by atoms with Gasteiger partial charge in [-0.15, -0.1) is 0 Å². The Morgan fingerprint density at radius 3 is 2.35 bits per heavy atom. The number of rotatable bonds is 5. The van der Waals surface area contributed by atoms with Gasteiger partial charge in [-0.05, 0) is 39.5 Å². The van der Waals surface area contributed by atoms with Crippen molar-refractivity contribution in [3.05, 3.63) is 0 Å². The van der Waals surface area contributed by atoms with Crippen molar-refractivity contribution in [3.8, 4) is 0 Å². The maximum Gasteiger partial charge on any atom is 0.306 e. The Bertz CT molecular complexity index is 329. The molecule has 1 amide bonds. The normalized spacial score (nSPS) is 16.8. The topological polar surface area (TPSA) is 55.8 Å². The van der Waals surface area contributed by atoms with Crippen molar-refractivity contribution in [2.45, 2.75) is 52.1 Å². The predicted octanol–water partition coefficient (Wildman–Crippen LogP) is 1.99. The first-order valence-electron chi connectivity index (χ1n) is 7.31. The molecule has 5 nitrogen and oxygen atoms in total. The van der Waals surface area contributed by atoms with Gasteiger partial charge in [0.25, 0.3) is 0 Å². The van der Waals surface area contributed by atoms with Crippen LogP contribution in [0.2, 0.25) is 0 Å². The molecule has 1 aliphatic rings. The Balaban J connectivity index is 2.25. The van der Waals surface area contributed by atoms with Crippen molar-refractivity contribution in [1.29, 1.82) is 0 Å². The zero-order valence-corrected chi connectivity index (χ0v) is 13.1. The molecule has 5 heteroatoms. The lowest BCUT2D eigenvalue weighted by atomic mass is 10.00. The first-order valence-corrected chi connectivity index (χ1v) is 7.31. The van der Waals surface area contributed by atoms with Crippen molar-refractivity contribution in [3.63, 3.8) is 0 Å². The number of hydrogen-bond donors (Lipinski definition) is 0. The summed E-state index contributed by atoms with van der Waals surface area (Å²) in [6, 6.07) is 0. The third-order valence-electron chi connectivity index (χ3n) is 3.26. The van der Waals surface area contributed by atoms with E-state index in [0.29, 0.717) is 5.92 Å². The minimum atomic E-state index is -0.492. The van der Waals surface area contributed by atoms with Crippen LogP contribution >= 0.6 is 0 Å². The van der Waals surface area contributed by atoms with Gasteiger partial charge in [-0.1, -0.05) is 0 Å². The van der Waals surface area contributed by atoms with E-state index in [1.54, 1.807) is 11.9 Å². The molecule has 0 N–H and O–H groups in total. The highest BCUT2D eigenvalue weighted by Gasteiger charge is 2.21. The van der Waals surface area contributed by atoms with Crippen LogP contribution in [0.25, 0.3) is 0 Å². The molecular weight excluding hydrogens is 258 g/mol. The van der Waals surface area contributed by atoms with Crippen LogP contribution in [-0.2, 0) is 19.1 Å². The van der Waals surface area contributed by atoms with Gasteiger partial charge >= 0.3 is 5.97 Å². The molecule has 0 spiro atoms. The molecule has 116 valence electrons. The summed E-state index contributed by atoms with van der Waals surface area (Å²) in [5.74, 6) is 0.201. The van der Waals surface area contributed by atoms with Crippen molar-refractivity contribution >= 4 is 11.9 Å². The van der Waals surface area contributed by atoms with Gasteiger partial charge in [0, 0.05) is 33.2 Å². The van der Waals surface area contributed by atoms with E-state index in [9.17, 15) is 9.59 Å². The summed E-state index contributed by atoms with van der Waals surface area (Å²) in [6.45, 7) is 7.78. The molecular formula is C15H27NO4. The van der Waals surface area contributed by atoms with Gasteiger partial charge in [0.15, 0.2) is 0 Å². The zero-order valence-electron chi connectivity index (χ0n) is 13.1. The van der Waals surface area contributed by atoms with Crippen LogP contribution in [0.3, 0.4) is 0 Å². The lowest BCUT2D eigenvalue weighted by molar-refractivity contribution is -0.156. The van der Waals surface area contributed by atoms with E-state index >= 15 is 0 Å². The Hall–Kier alpha value is -1.10. The average Bonchev–Trinajstić information content (AvgIpc) is 2.35. The van der Waals surface area contributed by atoms with E-state index in [2.05, 4.69) is 0 Å². The lowest BCUT2D eigenvalue weighted by Gasteiger charge is -2.27. The quantitative estimate of drug-likeness (QED) is 0.725. The maximum atomic E-state index is 12.0. The van der Waals surface area contributed by atoms with Crippen LogP contribution in [0.1, 0.15) is 46.5 Å². The first-order chi connectivity index (χ1) is 9.28. The number of hydrogen-bond acceptors (Lipinski definition) is 4. The number of amides is 1. The fraction of sp³-hybridized carbons (Fsp3) is 0.867. The second-order valence-electron chi connectivity index (χ2n) is 6.42. The van der Waals surface area contributed by atoms with Crippen LogP contribution < -0.4 is 0 Å². The number of ether oxygens (including phenoxy) is 2. The fourth-order valence-electron chi connectivity index (χ4n) is 2.21. The summed E-state index contributed by atoms with van der Waals surface area (Å²) in [7, 11) is 1.80. The van der Waals surface area contributed by atoms with E-state index in [4.69, 9.17) is 9.47 Å². The Morgan fingerprint density at radius 2 is 1.80 bits per heavy atom. The molecule has 20 heavy (non-hydrogen) atoms. The minimum absolute atomic E-state index is 0.00218. The largest absolute Gasteiger partial charge is 0.460 e. The molecule has 0 saturated carbocycles. The zero-order chi connectivity index (χ0) is 15.2.